The lowest BCUT2D eigenvalue weighted by atomic mass is 10.0. The van der Waals surface area contributed by atoms with E-state index in [-0.39, 0.29) is 13.2 Å². The van der Waals surface area contributed by atoms with Crippen LogP contribution < -0.4 is 9.04 Å². The number of hydrogen-bond donors (Lipinski definition) is 1. The van der Waals surface area contributed by atoms with Crippen LogP contribution in [0.25, 0.3) is 0 Å². The molecular weight excluding hydrogens is 350 g/mol. The monoisotopic (exact) mass is 377 g/mol. The summed E-state index contributed by atoms with van der Waals surface area (Å²) in [4.78, 5) is 0. The third kappa shape index (κ3) is 5.22. The van der Waals surface area contributed by atoms with Gasteiger partial charge in [-0.2, -0.15) is 0 Å². The minimum absolute atomic E-state index is 0.0129. The summed E-state index contributed by atoms with van der Waals surface area (Å²) in [5, 5.41) is 10.4. The Kier molecular flexibility index (Phi) is 6.31. The van der Waals surface area contributed by atoms with Crippen LogP contribution in [-0.2, 0) is 10.0 Å². The van der Waals surface area contributed by atoms with Crippen LogP contribution in [0.4, 0.5) is 5.69 Å². The van der Waals surface area contributed by atoms with Gasteiger partial charge in [-0.1, -0.05) is 35.4 Å². The topological polar surface area (TPSA) is 66.8 Å². The predicted molar refractivity (Wildman–Crippen MR) is 106 cm³/mol. The van der Waals surface area contributed by atoms with Gasteiger partial charge in [-0.15, -0.1) is 0 Å². The van der Waals surface area contributed by atoms with Gasteiger partial charge in [0, 0.05) is 0 Å². The molecule has 0 unspecified atom stereocenters. The molecule has 0 amide bonds. The summed E-state index contributed by atoms with van der Waals surface area (Å²) < 4.78 is 31.5. The van der Waals surface area contributed by atoms with E-state index >= 15 is 0 Å². The molecule has 0 saturated carbocycles. The second kappa shape index (κ2) is 8.10. The number of benzene rings is 2. The Morgan fingerprint density at radius 2 is 1.54 bits per heavy atom. The molecular formula is C20H27NO4S. The first-order chi connectivity index (χ1) is 12.1. The Hall–Kier alpha value is -2.05. The lowest BCUT2D eigenvalue weighted by Crippen LogP contribution is -2.40. The third-order valence-corrected chi connectivity index (χ3v) is 5.26. The Labute approximate surface area is 156 Å². The molecule has 0 saturated heterocycles. The normalized spacial score (nSPS) is 12.7. The lowest BCUT2D eigenvalue weighted by molar-refractivity contribution is 0.115. The largest absolute Gasteiger partial charge is 0.491 e. The summed E-state index contributed by atoms with van der Waals surface area (Å²) in [5.41, 5.74) is 4.53. The van der Waals surface area contributed by atoms with Gasteiger partial charge in [0.25, 0.3) is 0 Å². The van der Waals surface area contributed by atoms with E-state index in [0.29, 0.717) is 11.4 Å². The highest BCUT2D eigenvalue weighted by Gasteiger charge is 2.24. The van der Waals surface area contributed by atoms with Crippen LogP contribution in [0.3, 0.4) is 0 Å². The van der Waals surface area contributed by atoms with Crippen molar-refractivity contribution in [1.82, 2.24) is 0 Å². The maximum Gasteiger partial charge on any atom is 0.232 e. The molecule has 0 spiro atoms. The van der Waals surface area contributed by atoms with E-state index in [1.54, 1.807) is 0 Å². The van der Waals surface area contributed by atoms with Gasteiger partial charge in [-0.05, 0) is 51.0 Å². The van der Waals surface area contributed by atoms with Gasteiger partial charge in [0.05, 0.1) is 18.5 Å². The van der Waals surface area contributed by atoms with Crippen LogP contribution in [0.1, 0.15) is 22.3 Å². The summed E-state index contributed by atoms with van der Waals surface area (Å²) in [6, 6.07) is 11.4. The van der Waals surface area contributed by atoms with E-state index in [1.165, 1.54) is 4.31 Å². The maximum atomic E-state index is 12.3. The van der Waals surface area contributed by atoms with Crippen LogP contribution in [0.15, 0.2) is 36.4 Å². The van der Waals surface area contributed by atoms with Gasteiger partial charge in [0.15, 0.2) is 0 Å². The first kappa shape index (κ1) is 20.3. The zero-order chi connectivity index (χ0) is 19.5. The smallest absolute Gasteiger partial charge is 0.232 e. The zero-order valence-corrected chi connectivity index (χ0v) is 16.8. The second-order valence-corrected chi connectivity index (χ2v) is 8.73. The zero-order valence-electron chi connectivity index (χ0n) is 16.0. The van der Waals surface area contributed by atoms with Crippen molar-refractivity contribution in [2.75, 3.05) is 23.7 Å². The summed E-state index contributed by atoms with van der Waals surface area (Å²) in [6.07, 6.45) is 0.199. The van der Waals surface area contributed by atoms with E-state index in [0.717, 1.165) is 28.5 Å². The highest BCUT2D eigenvalue weighted by Crippen LogP contribution is 2.28. The fourth-order valence-electron chi connectivity index (χ4n) is 3.03. The van der Waals surface area contributed by atoms with Gasteiger partial charge in [-0.25, -0.2) is 8.42 Å². The Morgan fingerprint density at radius 3 is 2.04 bits per heavy atom. The summed E-state index contributed by atoms with van der Waals surface area (Å²) >= 11 is 0. The molecule has 26 heavy (non-hydrogen) atoms. The standard InChI is InChI=1S/C20H27NO4S/c1-14-6-8-19(9-7-14)25-13-18(22)12-21(26(5,23)24)20-16(3)10-15(2)11-17(20)4/h6-11,18,22H,12-13H2,1-5H3/t18-/m1/s1. The number of aryl methyl sites for hydroxylation is 4. The van der Waals surface area contributed by atoms with Crippen molar-refractivity contribution in [3.63, 3.8) is 0 Å². The molecule has 2 aromatic rings. The Balaban J connectivity index is 2.17. The molecule has 5 nitrogen and oxygen atoms in total. The molecule has 0 fully saturated rings. The first-order valence-corrected chi connectivity index (χ1v) is 10.4. The lowest BCUT2D eigenvalue weighted by Gasteiger charge is -2.28. The molecule has 0 aromatic heterocycles. The minimum atomic E-state index is -3.54. The average Bonchev–Trinajstić information content (AvgIpc) is 2.51. The fraction of sp³-hybridized carbons (Fsp3) is 0.400. The molecule has 1 N–H and O–H groups in total. The number of sulfonamides is 1. The minimum Gasteiger partial charge on any atom is -0.491 e. The molecule has 6 heteroatoms. The molecule has 2 aromatic carbocycles. The van der Waals surface area contributed by atoms with E-state index < -0.39 is 16.1 Å². The van der Waals surface area contributed by atoms with Crippen LogP contribution in [0.5, 0.6) is 5.75 Å². The Morgan fingerprint density at radius 1 is 1.00 bits per heavy atom. The molecule has 2 rings (SSSR count). The second-order valence-electron chi connectivity index (χ2n) is 6.82. The number of aliphatic hydroxyl groups is 1. The van der Waals surface area contributed by atoms with Gasteiger partial charge in [-0.3, -0.25) is 4.31 Å². The number of hydrogen-bond acceptors (Lipinski definition) is 4. The quantitative estimate of drug-likeness (QED) is 0.805. The maximum absolute atomic E-state index is 12.3. The van der Waals surface area contributed by atoms with E-state index in [9.17, 15) is 13.5 Å². The molecule has 142 valence electrons. The van der Waals surface area contributed by atoms with Gasteiger partial charge in [0.1, 0.15) is 18.5 Å². The Bertz CT molecular complexity index is 837. The van der Waals surface area contributed by atoms with E-state index in [2.05, 4.69) is 0 Å². The van der Waals surface area contributed by atoms with Crippen molar-refractivity contribution in [2.24, 2.45) is 0 Å². The van der Waals surface area contributed by atoms with Crippen molar-refractivity contribution in [1.29, 1.82) is 0 Å². The van der Waals surface area contributed by atoms with Crippen molar-refractivity contribution < 1.29 is 18.3 Å². The summed E-state index contributed by atoms with van der Waals surface area (Å²) in [6.45, 7) is 7.66. The fourth-order valence-corrected chi connectivity index (χ4v) is 4.09. The number of anilines is 1. The van der Waals surface area contributed by atoms with Gasteiger partial charge < -0.3 is 9.84 Å². The summed E-state index contributed by atoms with van der Waals surface area (Å²) in [7, 11) is -3.54. The molecule has 0 bridgehead atoms. The highest BCUT2D eigenvalue weighted by molar-refractivity contribution is 7.92. The number of nitrogens with zero attached hydrogens (tertiary/aromatic N) is 1. The molecule has 0 radical (unpaired) electrons. The SMILES string of the molecule is Cc1ccc(OC[C@H](O)CN(c2c(C)cc(C)cc2C)S(C)(=O)=O)cc1. The van der Waals surface area contributed by atoms with Gasteiger partial charge >= 0.3 is 0 Å². The predicted octanol–water partition coefficient (Wildman–Crippen LogP) is 3.13. The van der Waals surface area contributed by atoms with Crippen molar-refractivity contribution in [2.45, 2.75) is 33.8 Å². The van der Waals surface area contributed by atoms with E-state index in [1.807, 2.05) is 64.1 Å². The highest BCUT2D eigenvalue weighted by atomic mass is 32.2. The number of ether oxygens (including phenoxy) is 1. The molecule has 0 aliphatic carbocycles. The first-order valence-electron chi connectivity index (χ1n) is 8.51. The number of rotatable bonds is 7. The van der Waals surface area contributed by atoms with Crippen molar-refractivity contribution in [3.05, 3.63) is 58.7 Å². The molecule has 0 heterocycles. The van der Waals surface area contributed by atoms with Gasteiger partial charge in [0.2, 0.25) is 10.0 Å². The summed E-state index contributed by atoms with van der Waals surface area (Å²) in [5.74, 6) is 0.642. The van der Waals surface area contributed by atoms with Crippen LogP contribution in [0.2, 0.25) is 0 Å². The molecule has 0 aliphatic heterocycles. The molecule has 0 aliphatic rings. The van der Waals surface area contributed by atoms with Crippen molar-refractivity contribution >= 4 is 15.7 Å². The van der Waals surface area contributed by atoms with Crippen LogP contribution in [0, 0.1) is 27.7 Å². The molecule has 1 atom stereocenters. The number of aliphatic hydroxyl groups excluding tert-OH is 1. The van der Waals surface area contributed by atoms with E-state index in [4.69, 9.17) is 4.74 Å². The van der Waals surface area contributed by atoms with Crippen LogP contribution in [-0.4, -0.2) is 39.0 Å². The third-order valence-electron chi connectivity index (χ3n) is 4.13. The van der Waals surface area contributed by atoms with Crippen LogP contribution >= 0.6 is 0 Å². The average molecular weight is 378 g/mol. The van der Waals surface area contributed by atoms with Crippen molar-refractivity contribution in [3.8, 4) is 5.75 Å².